The van der Waals surface area contributed by atoms with Gasteiger partial charge in [0.25, 0.3) is 0 Å². The predicted octanol–water partition coefficient (Wildman–Crippen LogP) is 2.32. The van der Waals surface area contributed by atoms with E-state index < -0.39 is 0 Å². The molecule has 0 aliphatic carbocycles. The van der Waals surface area contributed by atoms with E-state index in [1.807, 2.05) is 4.90 Å². The summed E-state index contributed by atoms with van der Waals surface area (Å²) in [4.78, 5) is 18.0. The Labute approximate surface area is 127 Å². The van der Waals surface area contributed by atoms with E-state index in [1.54, 1.807) is 18.4 Å². The van der Waals surface area contributed by atoms with Gasteiger partial charge in [-0.05, 0) is 43.7 Å². The molecule has 0 radical (unpaired) electrons. The molecule has 5 nitrogen and oxygen atoms in total. The number of carbonyl (C=O) groups excluding carboxylic acids is 1. The minimum atomic E-state index is -0.298. The van der Waals surface area contributed by atoms with Crippen LogP contribution in [-0.4, -0.2) is 28.4 Å². The molecule has 1 aromatic carbocycles. The molecule has 1 fully saturated rings. The van der Waals surface area contributed by atoms with Gasteiger partial charge in [-0.15, -0.1) is 0 Å². The summed E-state index contributed by atoms with van der Waals surface area (Å²) in [5.41, 5.74) is 6.92. The molecule has 0 bridgehead atoms. The lowest BCUT2D eigenvalue weighted by atomic mass is 10.0. The number of hydrogen-bond donors (Lipinski definition) is 1. The molecule has 1 aliphatic rings. The fourth-order valence-electron chi connectivity index (χ4n) is 2.82. The molecule has 2 N–H and O–H groups in total. The fourth-order valence-corrected chi connectivity index (χ4v) is 2.82. The van der Waals surface area contributed by atoms with Gasteiger partial charge >= 0.3 is 0 Å². The molecule has 0 unspecified atom stereocenters. The minimum Gasteiger partial charge on any atom is -0.444 e. The van der Waals surface area contributed by atoms with Gasteiger partial charge in [0, 0.05) is 12.1 Å². The zero-order valence-electron chi connectivity index (χ0n) is 12.2. The minimum absolute atomic E-state index is 0.236. The van der Waals surface area contributed by atoms with Gasteiger partial charge in [0.1, 0.15) is 12.1 Å². The van der Waals surface area contributed by atoms with Gasteiger partial charge in [-0.25, -0.2) is 9.37 Å². The second kappa shape index (κ2) is 6.27. The van der Waals surface area contributed by atoms with Gasteiger partial charge < -0.3 is 10.2 Å². The number of oxazole rings is 1. The van der Waals surface area contributed by atoms with E-state index in [0.29, 0.717) is 12.4 Å². The molecule has 0 saturated carbocycles. The van der Waals surface area contributed by atoms with Crippen LogP contribution in [0.25, 0.3) is 11.5 Å². The average Bonchev–Trinajstić information content (AvgIpc) is 2.97. The smallest absolute Gasteiger partial charge is 0.234 e. The third kappa shape index (κ3) is 3.17. The third-order valence-electron chi connectivity index (χ3n) is 3.95. The second-order valence-electron chi connectivity index (χ2n) is 5.54. The van der Waals surface area contributed by atoms with Crippen LogP contribution in [0.2, 0.25) is 0 Å². The van der Waals surface area contributed by atoms with Crippen molar-refractivity contribution in [3.8, 4) is 11.5 Å². The highest BCUT2D eigenvalue weighted by Gasteiger charge is 2.27. The van der Waals surface area contributed by atoms with Crippen LogP contribution >= 0.6 is 0 Å². The van der Waals surface area contributed by atoms with E-state index in [1.165, 1.54) is 12.1 Å². The van der Waals surface area contributed by atoms with Crippen molar-refractivity contribution in [3.63, 3.8) is 0 Å². The van der Waals surface area contributed by atoms with Crippen LogP contribution in [0, 0.1) is 5.82 Å². The molecule has 22 heavy (non-hydrogen) atoms. The first-order chi connectivity index (χ1) is 10.6. The number of likely N-dealkylation sites (tertiary alicyclic amines) is 1. The highest BCUT2D eigenvalue weighted by atomic mass is 19.1. The van der Waals surface area contributed by atoms with E-state index in [-0.39, 0.29) is 17.8 Å². The number of benzene rings is 1. The molecular formula is C16H18FN3O2. The summed E-state index contributed by atoms with van der Waals surface area (Å²) in [5, 5.41) is 0. The molecule has 3 rings (SSSR count). The quantitative estimate of drug-likeness (QED) is 0.941. The van der Waals surface area contributed by atoms with Crippen molar-refractivity contribution in [2.75, 3.05) is 6.54 Å². The Morgan fingerprint density at radius 2 is 2.14 bits per heavy atom. The predicted molar refractivity (Wildman–Crippen MR) is 79.1 cm³/mol. The SMILES string of the molecule is NC(=O)[C@H]1CCCCN1Cc1coc(-c2ccc(F)cc2)n1. The van der Waals surface area contributed by atoms with Crippen molar-refractivity contribution >= 4 is 5.91 Å². The highest BCUT2D eigenvalue weighted by molar-refractivity contribution is 5.79. The number of piperidine rings is 1. The van der Waals surface area contributed by atoms with E-state index in [4.69, 9.17) is 10.2 Å². The molecule has 1 saturated heterocycles. The van der Waals surface area contributed by atoms with Crippen molar-refractivity contribution < 1.29 is 13.6 Å². The van der Waals surface area contributed by atoms with Crippen LogP contribution in [-0.2, 0) is 11.3 Å². The lowest BCUT2D eigenvalue weighted by molar-refractivity contribution is -0.124. The highest BCUT2D eigenvalue weighted by Crippen LogP contribution is 2.22. The molecule has 116 valence electrons. The summed E-state index contributed by atoms with van der Waals surface area (Å²) >= 11 is 0. The Bertz CT molecular complexity index is 654. The second-order valence-corrected chi connectivity index (χ2v) is 5.54. The number of amides is 1. The summed E-state index contributed by atoms with van der Waals surface area (Å²) in [6.45, 7) is 1.35. The number of nitrogens with zero attached hydrogens (tertiary/aromatic N) is 2. The van der Waals surface area contributed by atoms with Crippen molar-refractivity contribution in [1.29, 1.82) is 0 Å². The van der Waals surface area contributed by atoms with E-state index in [2.05, 4.69) is 4.98 Å². The Hall–Kier alpha value is -2.21. The summed E-state index contributed by atoms with van der Waals surface area (Å²) in [6.07, 6.45) is 4.43. The maximum Gasteiger partial charge on any atom is 0.234 e. The molecule has 2 heterocycles. The van der Waals surface area contributed by atoms with E-state index >= 15 is 0 Å². The summed E-state index contributed by atoms with van der Waals surface area (Å²) < 4.78 is 18.4. The first-order valence-electron chi connectivity index (χ1n) is 7.37. The van der Waals surface area contributed by atoms with Gasteiger partial charge in [0.15, 0.2) is 0 Å². The summed E-state index contributed by atoms with van der Waals surface area (Å²) in [5.74, 6) is -0.141. The molecule has 1 atom stereocenters. The first kappa shape index (κ1) is 14.7. The number of halogens is 1. The van der Waals surface area contributed by atoms with Crippen LogP contribution in [0.1, 0.15) is 25.0 Å². The Kier molecular flexibility index (Phi) is 4.20. The van der Waals surface area contributed by atoms with Crippen molar-refractivity contribution in [1.82, 2.24) is 9.88 Å². The fraction of sp³-hybridized carbons (Fsp3) is 0.375. The topological polar surface area (TPSA) is 72.4 Å². The van der Waals surface area contributed by atoms with Crippen molar-refractivity contribution in [3.05, 3.63) is 42.0 Å². The largest absolute Gasteiger partial charge is 0.444 e. The maximum absolute atomic E-state index is 12.9. The Morgan fingerprint density at radius 3 is 2.86 bits per heavy atom. The number of aromatic nitrogens is 1. The zero-order valence-corrected chi connectivity index (χ0v) is 12.2. The number of primary amides is 1. The number of carbonyl (C=O) groups is 1. The van der Waals surface area contributed by atoms with Crippen LogP contribution < -0.4 is 5.73 Å². The van der Waals surface area contributed by atoms with Gasteiger partial charge in [-0.2, -0.15) is 0 Å². The number of hydrogen-bond acceptors (Lipinski definition) is 4. The van der Waals surface area contributed by atoms with E-state index in [9.17, 15) is 9.18 Å². The average molecular weight is 303 g/mol. The van der Waals surface area contributed by atoms with Crippen molar-refractivity contribution in [2.45, 2.75) is 31.8 Å². The summed E-state index contributed by atoms with van der Waals surface area (Å²) in [6, 6.07) is 5.75. The Morgan fingerprint density at radius 1 is 1.36 bits per heavy atom. The molecule has 2 aromatic rings. The van der Waals surface area contributed by atoms with Crippen LogP contribution in [0.3, 0.4) is 0 Å². The zero-order chi connectivity index (χ0) is 15.5. The molecule has 6 heteroatoms. The maximum atomic E-state index is 12.9. The summed E-state index contributed by atoms with van der Waals surface area (Å²) in [7, 11) is 0. The lowest BCUT2D eigenvalue weighted by Crippen LogP contribution is -2.47. The molecule has 1 aliphatic heterocycles. The van der Waals surface area contributed by atoms with Gasteiger partial charge in [-0.1, -0.05) is 6.42 Å². The third-order valence-corrected chi connectivity index (χ3v) is 3.95. The standard InChI is InChI=1S/C16H18FN3O2/c17-12-6-4-11(5-7-12)16-19-13(10-22-16)9-20-8-2-1-3-14(20)15(18)21/h4-7,10,14H,1-3,8-9H2,(H2,18,21)/t14-/m1/s1. The van der Waals surface area contributed by atoms with Crippen LogP contribution in [0.4, 0.5) is 4.39 Å². The van der Waals surface area contributed by atoms with Crippen molar-refractivity contribution in [2.24, 2.45) is 5.73 Å². The van der Waals surface area contributed by atoms with Crippen LogP contribution in [0.15, 0.2) is 34.9 Å². The monoisotopic (exact) mass is 303 g/mol. The molecule has 1 amide bonds. The van der Waals surface area contributed by atoms with E-state index in [0.717, 1.165) is 37.1 Å². The van der Waals surface area contributed by atoms with Crippen LogP contribution in [0.5, 0.6) is 0 Å². The van der Waals surface area contributed by atoms with Gasteiger partial charge in [0.2, 0.25) is 11.8 Å². The number of rotatable bonds is 4. The van der Waals surface area contributed by atoms with Gasteiger partial charge in [0.05, 0.1) is 11.7 Å². The molecular weight excluding hydrogens is 285 g/mol. The molecule has 0 spiro atoms. The lowest BCUT2D eigenvalue weighted by Gasteiger charge is -2.32. The van der Waals surface area contributed by atoms with Gasteiger partial charge in [-0.3, -0.25) is 9.69 Å². The number of nitrogens with two attached hydrogens (primary N) is 1. The Balaban J connectivity index is 1.73. The molecule has 1 aromatic heterocycles. The normalized spacial score (nSPS) is 19.2. The first-order valence-corrected chi connectivity index (χ1v) is 7.37.